The van der Waals surface area contributed by atoms with Crippen molar-refractivity contribution in [1.82, 2.24) is 4.90 Å². The summed E-state index contributed by atoms with van der Waals surface area (Å²) in [5.74, 6) is 0.487. The third kappa shape index (κ3) is 5.55. The lowest BCUT2D eigenvalue weighted by molar-refractivity contribution is -0.176. The third-order valence-corrected chi connectivity index (χ3v) is 3.41. The highest BCUT2D eigenvalue weighted by Gasteiger charge is 2.28. The number of hydrogen-bond donors (Lipinski definition) is 1. The van der Waals surface area contributed by atoms with E-state index in [1.165, 1.54) is 0 Å². The van der Waals surface area contributed by atoms with Crippen LogP contribution in [0.15, 0.2) is 29.3 Å². The number of rotatable bonds is 6. The summed E-state index contributed by atoms with van der Waals surface area (Å²) in [5.41, 5.74) is 7.47. The molecule has 2 N–H and O–H groups in total. The minimum Gasteiger partial charge on any atom is -0.370 e. The first-order valence-corrected chi connectivity index (χ1v) is 7.10. The van der Waals surface area contributed by atoms with Gasteiger partial charge in [0.25, 0.3) is 0 Å². The van der Waals surface area contributed by atoms with E-state index in [0.717, 1.165) is 18.4 Å². The molecule has 22 heavy (non-hydrogen) atoms. The first-order chi connectivity index (χ1) is 10.3. The molecule has 0 radical (unpaired) electrons. The Bertz CT molecular complexity index is 527. The fourth-order valence-electron chi connectivity index (χ4n) is 2.04. The molecule has 0 amide bonds. The highest BCUT2D eigenvalue weighted by molar-refractivity contribution is 5.78. The summed E-state index contributed by atoms with van der Waals surface area (Å²) in [6, 6.07) is 7.64. The van der Waals surface area contributed by atoms with Crippen molar-refractivity contribution < 1.29 is 17.9 Å². The quantitative estimate of drug-likeness (QED) is 0.648. The number of benzene rings is 1. The summed E-state index contributed by atoms with van der Waals surface area (Å²) >= 11 is 0. The van der Waals surface area contributed by atoms with Gasteiger partial charge in [-0.25, -0.2) is 4.99 Å². The molecule has 0 spiro atoms. The average Bonchev–Trinajstić information content (AvgIpc) is 3.27. The Labute approximate surface area is 127 Å². The van der Waals surface area contributed by atoms with Gasteiger partial charge in [-0.05, 0) is 24.0 Å². The predicted octanol–water partition coefficient (Wildman–Crippen LogP) is 2.67. The van der Waals surface area contributed by atoms with Crippen molar-refractivity contribution in [2.45, 2.75) is 38.2 Å². The van der Waals surface area contributed by atoms with Crippen LogP contribution < -0.4 is 5.73 Å². The molecule has 0 aromatic heterocycles. The van der Waals surface area contributed by atoms with Crippen molar-refractivity contribution >= 4 is 5.96 Å². The maximum atomic E-state index is 12.0. The first-order valence-electron chi connectivity index (χ1n) is 7.10. The van der Waals surface area contributed by atoms with Crippen LogP contribution in [0, 0.1) is 0 Å². The molecular formula is C15H20F3N3O. The van der Waals surface area contributed by atoms with E-state index in [1.807, 2.05) is 18.0 Å². The van der Waals surface area contributed by atoms with E-state index >= 15 is 0 Å². The second-order valence-electron chi connectivity index (χ2n) is 5.44. The Balaban J connectivity index is 1.86. The number of guanidine groups is 1. The molecule has 0 atom stereocenters. The van der Waals surface area contributed by atoms with E-state index in [9.17, 15) is 13.2 Å². The van der Waals surface area contributed by atoms with Crippen LogP contribution in [0.4, 0.5) is 13.2 Å². The molecule has 0 bridgehead atoms. The zero-order valence-corrected chi connectivity index (χ0v) is 12.4. The summed E-state index contributed by atoms with van der Waals surface area (Å²) < 4.78 is 40.7. The van der Waals surface area contributed by atoms with Crippen molar-refractivity contribution in [2.24, 2.45) is 10.7 Å². The van der Waals surface area contributed by atoms with Gasteiger partial charge >= 0.3 is 6.18 Å². The standard InChI is InChI=1S/C15H20F3N3O/c1-21(13-5-6-13)14(19)20-8-11-3-2-4-12(7-11)9-22-10-15(16,17)18/h2-4,7,13H,5-6,8-10H2,1H3,(H2,19,20). The second kappa shape index (κ2) is 7.00. The van der Waals surface area contributed by atoms with Gasteiger partial charge in [-0.1, -0.05) is 24.3 Å². The van der Waals surface area contributed by atoms with Crippen molar-refractivity contribution in [2.75, 3.05) is 13.7 Å². The van der Waals surface area contributed by atoms with Gasteiger partial charge in [0.2, 0.25) is 0 Å². The van der Waals surface area contributed by atoms with Crippen LogP contribution in [0.5, 0.6) is 0 Å². The van der Waals surface area contributed by atoms with E-state index < -0.39 is 12.8 Å². The van der Waals surface area contributed by atoms with Gasteiger partial charge < -0.3 is 15.4 Å². The lowest BCUT2D eigenvalue weighted by Crippen LogP contribution is -2.35. The summed E-state index contributed by atoms with van der Waals surface area (Å²) in [6.07, 6.45) is -2.03. The van der Waals surface area contributed by atoms with E-state index in [-0.39, 0.29) is 6.61 Å². The zero-order valence-electron chi connectivity index (χ0n) is 12.4. The molecule has 1 aliphatic carbocycles. The van der Waals surface area contributed by atoms with E-state index in [0.29, 0.717) is 24.1 Å². The Morgan fingerprint density at radius 2 is 2.05 bits per heavy atom. The minimum atomic E-state index is -4.30. The molecule has 1 saturated carbocycles. The number of aliphatic imine (C=N–C) groups is 1. The fraction of sp³-hybridized carbons (Fsp3) is 0.533. The number of alkyl halides is 3. The van der Waals surface area contributed by atoms with Crippen LogP contribution in [0.3, 0.4) is 0 Å². The zero-order chi connectivity index (χ0) is 16.2. The smallest absolute Gasteiger partial charge is 0.370 e. The van der Waals surface area contributed by atoms with Crippen LogP contribution in [-0.2, 0) is 17.9 Å². The average molecular weight is 315 g/mol. The van der Waals surface area contributed by atoms with Gasteiger partial charge in [0.05, 0.1) is 13.2 Å². The molecule has 1 aliphatic rings. The Morgan fingerprint density at radius 1 is 1.36 bits per heavy atom. The van der Waals surface area contributed by atoms with Crippen LogP contribution in [0.25, 0.3) is 0 Å². The molecule has 1 fully saturated rings. The number of hydrogen-bond acceptors (Lipinski definition) is 2. The minimum absolute atomic E-state index is 0.0749. The topological polar surface area (TPSA) is 50.8 Å². The van der Waals surface area contributed by atoms with Crippen molar-refractivity contribution in [3.63, 3.8) is 0 Å². The van der Waals surface area contributed by atoms with Gasteiger partial charge in [-0.2, -0.15) is 13.2 Å². The van der Waals surface area contributed by atoms with Crippen LogP contribution in [0.2, 0.25) is 0 Å². The summed E-state index contributed by atoms with van der Waals surface area (Å²) in [7, 11) is 1.91. The number of nitrogens with two attached hydrogens (primary N) is 1. The van der Waals surface area contributed by atoms with Crippen LogP contribution in [-0.4, -0.2) is 36.7 Å². The van der Waals surface area contributed by atoms with Gasteiger partial charge in [0.1, 0.15) is 6.61 Å². The monoisotopic (exact) mass is 315 g/mol. The molecule has 1 aromatic carbocycles. The third-order valence-electron chi connectivity index (χ3n) is 3.41. The molecule has 2 rings (SSSR count). The molecule has 0 aliphatic heterocycles. The number of halogens is 3. The lowest BCUT2D eigenvalue weighted by Gasteiger charge is -2.16. The van der Waals surface area contributed by atoms with Crippen LogP contribution in [0.1, 0.15) is 24.0 Å². The Kier molecular flexibility index (Phi) is 5.28. The Hall–Kier alpha value is -1.76. The highest BCUT2D eigenvalue weighted by atomic mass is 19.4. The van der Waals surface area contributed by atoms with Gasteiger partial charge in [-0.15, -0.1) is 0 Å². The second-order valence-corrected chi connectivity index (χ2v) is 5.44. The number of ether oxygens (including phenoxy) is 1. The fourth-order valence-corrected chi connectivity index (χ4v) is 2.04. The lowest BCUT2D eigenvalue weighted by atomic mass is 10.1. The first kappa shape index (κ1) is 16.6. The summed E-state index contributed by atoms with van der Waals surface area (Å²) in [4.78, 5) is 6.27. The molecule has 4 nitrogen and oxygen atoms in total. The van der Waals surface area contributed by atoms with Gasteiger partial charge in [0.15, 0.2) is 5.96 Å². The van der Waals surface area contributed by atoms with Crippen LogP contribution >= 0.6 is 0 Å². The Morgan fingerprint density at radius 3 is 2.68 bits per heavy atom. The van der Waals surface area contributed by atoms with E-state index in [2.05, 4.69) is 9.73 Å². The summed E-state index contributed by atoms with van der Waals surface area (Å²) in [6.45, 7) is -0.918. The molecule has 0 unspecified atom stereocenters. The maximum absolute atomic E-state index is 12.0. The van der Waals surface area contributed by atoms with Crippen molar-refractivity contribution in [1.29, 1.82) is 0 Å². The molecule has 122 valence electrons. The molecule has 0 heterocycles. The van der Waals surface area contributed by atoms with Gasteiger partial charge in [-0.3, -0.25) is 0 Å². The van der Waals surface area contributed by atoms with Gasteiger partial charge in [0, 0.05) is 13.1 Å². The van der Waals surface area contributed by atoms with E-state index in [4.69, 9.17) is 5.73 Å². The SMILES string of the molecule is CN(C(N)=NCc1cccc(COCC(F)(F)F)c1)C1CC1. The van der Waals surface area contributed by atoms with Crippen molar-refractivity contribution in [3.8, 4) is 0 Å². The van der Waals surface area contributed by atoms with Crippen molar-refractivity contribution in [3.05, 3.63) is 35.4 Å². The maximum Gasteiger partial charge on any atom is 0.411 e. The van der Waals surface area contributed by atoms with E-state index in [1.54, 1.807) is 18.2 Å². The summed E-state index contributed by atoms with van der Waals surface area (Å²) in [5, 5.41) is 0. The normalized spacial score (nSPS) is 15.9. The molecule has 1 aromatic rings. The highest BCUT2D eigenvalue weighted by Crippen LogP contribution is 2.25. The molecule has 0 saturated heterocycles. The predicted molar refractivity (Wildman–Crippen MR) is 78.3 cm³/mol. The number of nitrogens with zero attached hydrogens (tertiary/aromatic N) is 2. The molecule has 7 heteroatoms. The molecular weight excluding hydrogens is 295 g/mol. The largest absolute Gasteiger partial charge is 0.411 e.